The van der Waals surface area contributed by atoms with E-state index in [0.717, 1.165) is 22.0 Å². The lowest BCUT2D eigenvalue weighted by Gasteiger charge is -2.15. The standard InChI is InChI=1S/C12H11Br2NO2/c1-2-6-5-7(13)3-4-8(6)9-10(14)12(17)15-11(9)16/h3-5,9-10H,2H2,1H3,(H,15,16,17). The molecule has 1 N–H and O–H groups in total. The average Bonchev–Trinajstić information content (AvgIpc) is 2.54. The molecule has 2 amide bonds. The molecule has 0 aromatic heterocycles. The van der Waals surface area contributed by atoms with Crippen LogP contribution in [-0.4, -0.2) is 16.6 Å². The van der Waals surface area contributed by atoms with Crippen molar-refractivity contribution < 1.29 is 9.59 Å². The van der Waals surface area contributed by atoms with Gasteiger partial charge in [0.2, 0.25) is 11.8 Å². The summed E-state index contributed by atoms with van der Waals surface area (Å²) in [6, 6.07) is 5.79. The quantitative estimate of drug-likeness (QED) is 0.650. The van der Waals surface area contributed by atoms with Crippen LogP contribution >= 0.6 is 31.9 Å². The van der Waals surface area contributed by atoms with Crippen LogP contribution < -0.4 is 5.32 Å². The molecule has 1 aliphatic rings. The number of carbonyl (C=O) groups excluding carboxylic acids is 2. The minimum absolute atomic E-state index is 0.228. The number of carbonyl (C=O) groups is 2. The molecule has 2 rings (SSSR count). The van der Waals surface area contributed by atoms with Crippen molar-refractivity contribution >= 4 is 43.7 Å². The molecule has 2 atom stereocenters. The van der Waals surface area contributed by atoms with Crippen molar-refractivity contribution in [2.24, 2.45) is 0 Å². The van der Waals surface area contributed by atoms with E-state index in [1.54, 1.807) is 0 Å². The first-order chi connectivity index (χ1) is 8.04. The third kappa shape index (κ3) is 2.31. The molecular formula is C12H11Br2NO2. The van der Waals surface area contributed by atoms with Crippen molar-refractivity contribution in [2.45, 2.75) is 24.1 Å². The molecule has 0 saturated carbocycles. The minimum atomic E-state index is -0.471. The first-order valence-corrected chi connectivity index (χ1v) is 7.02. The van der Waals surface area contributed by atoms with Crippen molar-refractivity contribution in [1.82, 2.24) is 5.32 Å². The Morgan fingerprint density at radius 3 is 2.53 bits per heavy atom. The normalized spacial score (nSPS) is 23.9. The maximum Gasteiger partial charge on any atom is 0.241 e. The highest BCUT2D eigenvalue weighted by Gasteiger charge is 2.41. The van der Waals surface area contributed by atoms with Gasteiger partial charge in [0.1, 0.15) is 4.83 Å². The predicted octanol–water partition coefficient (Wildman–Crippen LogP) is 2.52. The second-order valence-electron chi connectivity index (χ2n) is 3.93. The number of halogens is 2. The Balaban J connectivity index is 2.46. The van der Waals surface area contributed by atoms with Gasteiger partial charge in [-0.05, 0) is 29.7 Å². The van der Waals surface area contributed by atoms with Crippen LogP contribution in [0.2, 0.25) is 0 Å². The summed E-state index contributed by atoms with van der Waals surface area (Å²) < 4.78 is 0.981. The number of benzene rings is 1. The molecule has 1 saturated heterocycles. The molecule has 0 aliphatic carbocycles. The van der Waals surface area contributed by atoms with Crippen LogP contribution in [0.15, 0.2) is 22.7 Å². The lowest BCUT2D eigenvalue weighted by molar-refractivity contribution is -0.125. The zero-order valence-electron chi connectivity index (χ0n) is 9.17. The Labute approximate surface area is 116 Å². The maximum absolute atomic E-state index is 11.8. The number of amides is 2. The number of aryl methyl sites for hydroxylation is 1. The van der Waals surface area contributed by atoms with E-state index in [9.17, 15) is 9.59 Å². The monoisotopic (exact) mass is 359 g/mol. The summed E-state index contributed by atoms with van der Waals surface area (Å²) in [7, 11) is 0. The van der Waals surface area contributed by atoms with E-state index in [2.05, 4.69) is 37.2 Å². The van der Waals surface area contributed by atoms with Gasteiger partial charge in [0.05, 0.1) is 5.92 Å². The SMILES string of the molecule is CCc1cc(Br)ccc1C1C(=O)NC(=O)C1Br. The highest BCUT2D eigenvalue weighted by Crippen LogP contribution is 2.33. The van der Waals surface area contributed by atoms with Gasteiger partial charge in [-0.3, -0.25) is 14.9 Å². The van der Waals surface area contributed by atoms with Gasteiger partial charge < -0.3 is 0 Å². The molecule has 0 radical (unpaired) electrons. The lowest BCUT2D eigenvalue weighted by Crippen LogP contribution is -2.22. The summed E-state index contributed by atoms with van der Waals surface area (Å²) in [5, 5.41) is 2.34. The second kappa shape index (κ2) is 4.90. The molecule has 1 aliphatic heterocycles. The molecule has 90 valence electrons. The third-order valence-electron chi connectivity index (χ3n) is 2.89. The summed E-state index contributed by atoms with van der Waals surface area (Å²) in [4.78, 5) is 22.8. The number of imide groups is 1. The first-order valence-electron chi connectivity index (χ1n) is 5.31. The van der Waals surface area contributed by atoms with Gasteiger partial charge in [0, 0.05) is 4.47 Å². The topological polar surface area (TPSA) is 46.2 Å². The Kier molecular flexibility index (Phi) is 3.68. The number of nitrogens with one attached hydrogen (secondary N) is 1. The third-order valence-corrected chi connectivity index (χ3v) is 4.33. The summed E-state index contributed by atoms with van der Waals surface area (Å²) in [5.41, 5.74) is 2.00. The van der Waals surface area contributed by atoms with Gasteiger partial charge in [-0.15, -0.1) is 0 Å². The van der Waals surface area contributed by atoms with E-state index in [-0.39, 0.29) is 11.8 Å². The smallest absolute Gasteiger partial charge is 0.241 e. The molecule has 1 fully saturated rings. The van der Waals surface area contributed by atoms with Gasteiger partial charge in [-0.25, -0.2) is 0 Å². The van der Waals surface area contributed by atoms with Crippen LogP contribution in [0.5, 0.6) is 0 Å². The van der Waals surface area contributed by atoms with E-state index in [1.165, 1.54) is 0 Å². The van der Waals surface area contributed by atoms with E-state index in [4.69, 9.17) is 0 Å². The summed E-state index contributed by atoms with van der Waals surface area (Å²) >= 11 is 6.69. The number of alkyl halides is 1. The first kappa shape index (κ1) is 12.8. The van der Waals surface area contributed by atoms with Gasteiger partial charge in [-0.1, -0.05) is 44.8 Å². The van der Waals surface area contributed by atoms with Crippen LogP contribution in [0.1, 0.15) is 24.0 Å². The molecule has 5 heteroatoms. The minimum Gasteiger partial charge on any atom is -0.295 e. The largest absolute Gasteiger partial charge is 0.295 e. The highest BCUT2D eigenvalue weighted by atomic mass is 79.9. The lowest BCUT2D eigenvalue weighted by atomic mass is 9.92. The van der Waals surface area contributed by atoms with E-state index < -0.39 is 10.7 Å². The van der Waals surface area contributed by atoms with Gasteiger partial charge in [-0.2, -0.15) is 0 Å². The van der Waals surface area contributed by atoms with Crippen LogP contribution in [0.25, 0.3) is 0 Å². The van der Waals surface area contributed by atoms with Crippen molar-refractivity contribution in [3.63, 3.8) is 0 Å². The number of hydrogen-bond acceptors (Lipinski definition) is 2. The molecule has 0 bridgehead atoms. The fourth-order valence-electron chi connectivity index (χ4n) is 2.04. The van der Waals surface area contributed by atoms with Gasteiger partial charge in [0.25, 0.3) is 0 Å². The molecule has 2 unspecified atom stereocenters. The van der Waals surface area contributed by atoms with Gasteiger partial charge >= 0.3 is 0 Å². The Morgan fingerprint density at radius 1 is 1.29 bits per heavy atom. The molecule has 3 nitrogen and oxygen atoms in total. The van der Waals surface area contributed by atoms with Gasteiger partial charge in [0.15, 0.2) is 0 Å². The maximum atomic E-state index is 11.8. The zero-order valence-corrected chi connectivity index (χ0v) is 12.3. The summed E-state index contributed by atoms with van der Waals surface area (Å²) in [6.45, 7) is 2.03. The molecule has 1 aromatic rings. The van der Waals surface area contributed by atoms with Crippen molar-refractivity contribution in [3.8, 4) is 0 Å². The Morgan fingerprint density at radius 2 is 2.00 bits per heavy atom. The van der Waals surface area contributed by atoms with E-state index >= 15 is 0 Å². The van der Waals surface area contributed by atoms with Crippen molar-refractivity contribution in [1.29, 1.82) is 0 Å². The summed E-state index contributed by atoms with van der Waals surface area (Å²) in [5.74, 6) is -0.913. The predicted molar refractivity (Wildman–Crippen MR) is 72.1 cm³/mol. The molecule has 17 heavy (non-hydrogen) atoms. The summed E-state index contributed by atoms with van der Waals surface area (Å²) in [6.07, 6.45) is 0.826. The Bertz CT molecular complexity index is 487. The van der Waals surface area contributed by atoms with Crippen LogP contribution in [0.4, 0.5) is 0 Å². The van der Waals surface area contributed by atoms with Crippen LogP contribution in [0, 0.1) is 0 Å². The van der Waals surface area contributed by atoms with Crippen molar-refractivity contribution in [3.05, 3.63) is 33.8 Å². The fraction of sp³-hybridized carbons (Fsp3) is 0.333. The van der Waals surface area contributed by atoms with E-state index in [0.29, 0.717) is 0 Å². The zero-order chi connectivity index (χ0) is 12.6. The second-order valence-corrected chi connectivity index (χ2v) is 5.83. The number of rotatable bonds is 2. The molecule has 1 heterocycles. The van der Waals surface area contributed by atoms with Crippen LogP contribution in [-0.2, 0) is 16.0 Å². The average molecular weight is 361 g/mol. The van der Waals surface area contributed by atoms with Crippen molar-refractivity contribution in [2.75, 3.05) is 0 Å². The van der Waals surface area contributed by atoms with Crippen LogP contribution in [0.3, 0.4) is 0 Å². The number of hydrogen-bond donors (Lipinski definition) is 1. The van der Waals surface area contributed by atoms with E-state index in [1.807, 2.05) is 25.1 Å². The Hall–Kier alpha value is -0.680. The molecular weight excluding hydrogens is 350 g/mol. The molecule has 0 spiro atoms. The molecule has 1 aromatic carbocycles. The fourth-order valence-corrected chi connectivity index (χ4v) is 3.08. The highest BCUT2D eigenvalue weighted by molar-refractivity contribution is 9.10.